The summed E-state index contributed by atoms with van der Waals surface area (Å²) >= 11 is 0. The van der Waals surface area contributed by atoms with E-state index in [0.29, 0.717) is 38.4 Å². The van der Waals surface area contributed by atoms with Gasteiger partial charge in [0.1, 0.15) is 0 Å². The van der Waals surface area contributed by atoms with Crippen LogP contribution in [0.3, 0.4) is 0 Å². The first-order chi connectivity index (χ1) is 14.8. The molecule has 0 saturated carbocycles. The molecule has 2 heterocycles. The first-order valence-electron chi connectivity index (χ1n) is 10.6. The molecule has 1 saturated heterocycles. The topological polar surface area (TPSA) is 47.1 Å². The molecule has 4 rings (SSSR count). The van der Waals surface area contributed by atoms with Gasteiger partial charge >= 0.3 is 0 Å². The van der Waals surface area contributed by atoms with Crippen molar-refractivity contribution in [1.29, 1.82) is 0 Å². The van der Waals surface area contributed by atoms with E-state index in [1.165, 1.54) is 6.07 Å². The van der Waals surface area contributed by atoms with Gasteiger partial charge in [-0.25, -0.2) is 17.2 Å². The van der Waals surface area contributed by atoms with Crippen molar-refractivity contribution in [3.63, 3.8) is 0 Å². The molecular weight excluding hydrogens is 422 g/mol. The third kappa shape index (κ3) is 4.53. The van der Waals surface area contributed by atoms with Gasteiger partial charge in [-0.05, 0) is 49.9 Å². The average Bonchev–Trinajstić information content (AvgIpc) is 2.93. The van der Waals surface area contributed by atoms with Gasteiger partial charge in [-0.3, -0.25) is 0 Å². The van der Waals surface area contributed by atoms with Gasteiger partial charge in [0.05, 0.1) is 5.75 Å². The molecule has 0 amide bonds. The van der Waals surface area contributed by atoms with Crippen molar-refractivity contribution in [3.8, 4) is 0 Å². The normalized spacial score (nSPS) is 18.7. The molecule has 0 unspecified atom stereocenters. The average molecular weight is 451 g/mol. The van der Waals surface area contributed by atoms with Crippen LogP contribution >= 0.6 is 0 Å². The van der Waals surface area contributed by atoms with Crippen LogP contribution in [0.2, 0.25) is 0 Å². The van der Waals surface area contributed by atoms with E-state index < -0.39 is 21.7 Å². The van der Waals surface area contributed by atoms with Crippen molar-refractivity contribution in [3.05, 3.63) is 53.6 Å². The van der Waals surface area contributed by atoms with Crippen molar-refractivity contribution >= 4 is 27.1 Å². The Morgan fingerprint density at radius 1 is 0.871 bits per heavy atom. The second-order valence-corrected chi connectivity index (χ2v) is 10.3. The first kappa shape index (κ1) is 22.0. The number of benzene rings is 2. The van der Waals surface area contributed by atoms with Crippen LogP contribution in [0, 0.1) is 11.6 Å². The minimum atomic E-state index is -3.16. The molecule has 2 aliphatic heterocycles. The van der Waals surface area contributed by atoms with E-state index in [1.807, 2.05) is 24.1 Å². The predicted molar refractivity (Wildman–Crippen MR) is 119 cm³/mol. The number of hydrogen-bond donors (Lipinski definition) is 0. The Hall–Kier alpha value is -2.23. The van der Waals surface area contributed by atoms with Crippen LogP contribution in [0.5, 0.6) is 0 Å². The Labute approximate surface area is 182 Å². The molecule has 0 aliphatic carbocycles. The maximum absolute atomic E-state index is 13.9. The second kappa shape index (κ2) is 8.72. The minimum Gasteiger partial charge on any atom is -0.369 e. The van der Waals surface area contributed by atoms with Gasteiger partial charge in [-0.2, -0.15) is 4.31 Å². The van der Waals surface area contributed by atoms with E-state index in [2.05, 4.69) is 15.9 Å². The Bertz CT molecular complexity index is 1060. The van der Waals surface area contributed by atoms with Crippen molar-refractivity contribution in [2.24, 2.45) is 0 Å². The summed E-state index contributed by atoms with van der Waals surface area (Å²) in [6.45, 7) is 6.11. The summed E-state index contributed by atoms with van der Waals surface area (Å²) < 4.78 is 53.1. The molecule has 9 heteroatoms. The molecule has 2 aromatic carbocycles. The van der Waals surface area contributed by atoms with Gasteiger partial charge in [0.15, 0.2) is 11.6 Å². The molecular formula is C22H28F2N4O2S. The number of anilines is 3. The number of rotatable bonds is 4. The van der Waals surface area contributed by atoms with E-state index in [1.54, 1.807) is 17.3 Å². The minimum absolute atomic E-state index is 0.123. The van der Waals surface area contributed by atoms with Crippen LogP contribution in [0.25, 0.3) is 0 Å². The number of nitrogens with zero attached hydrogens (tertiary/aromatic N) is 4. The van der Waals surface area contributed by atoms with Gasteiger partial charge in [0.2, 0.25) is 10.0 Å². The van der Waals surface area contributed by atoms with Gasteiger partial charge in [0.25, 0.3) is 0 Å². The summed E-state index contributed by atoms with van der Waals surface area (Å²) in [4.78, 5) is 6.43. The fourth-order valence-electron chi connectivity index (χ4n) is 4.25. The zero-order valence-corrected chi connectivity index (χ0v) is 18.7. The lowest BCUT2D eigenvalue weighted by Crippen LogP contribution is -2.49. The van der Waals surface area contributed by atoms with Crippen LogP contribution in [-0.2, 0) is 16.6 Å². The number of piperazine rings is 1. The largest absolute Gasteiger partial charge is 0.369 e. The van der Waals surface area contributed by atoms with E-state index in [4.69, 9.17) is 0 Å². The molecule has 0 N–H and O–H groups in total. The standard InChI is InChI=1S/C22H28F2N4O2S/c1-3-31(29,30)27-11-9-26(10-12-27)18-5-7-22-17(14-18)16-25(2)8-13-28(22)19-4-6-20(23)21(24)15-19/h4-7,14-15H,3,8-13,16H2,1-2H3. The molecule has 1 fully saturated rings. The zero-order valence-electron chi connectivity index (χ0n) is 17.9. The quantitative estimate of drug-likeness (QED) is 0.717. The molecule has 2 aromatic rings. The maximum Gasteiger partial charge on any atom is 0.213 e. The van der Waals surface area contributed by atoms with Gasteiger partial charge in [0, 0.05) is 68.9 Å². The number of likely N-dealkylation sites (N-methyl/N-ethyl adjacent to an activating group) is 1. The lowest BCUT2D eigenvalue weighted by molar-refractivity contribution is 0.343. The molecule has 0 atom stereocenters. The lowest BCUT2D eigenvalue weighted by Gasteiger charge is -2.36. The number of halogens is 2. The monoisotopic (exact) mass is 450 g/mol. The van der Waals surface area contributed by atoms with Crippen molar-refractivity contribution in [2.75, 3.05) is 61.9 Å². The fraction of sp³-hybridized carbons (Fsp3) is 0.455. The second-order valence-electron chi connectivity index (χ2n) is 8.09. The summed E-state index contributed by atoms with van der Waals surface area (Å²) in [6, 6.07) is 10.2. The molecule has 0 radical (unpaired) electrons. The molecule has 2 aliphatic rings. The highest BCUT2D eigenvalue weighted by Gasteiger charge is 2.27. The van der Waals surface area contributed by atoms with E-state index >= 15 is 0 Å². The fourth-order valence-corrected chi connectivity index (χ4v) is 5.33. The van der Waals surface area contributed by atoms with Crippen LogP contribution in [-0.4, -0.2) is 69.7 Å². The number of fused-ring (bicyclic) bond motifs is 1. The SMILES string of the molecule is CCS(=O)(=O)N1CCN(c2ccc3c(c2)CN(C)CCN3c2ccc(F)c(F)c2)CC1. The van der Waals surface area contributed by atoms with Gasteiger partial charge < -0.3 is 14.7 Å². The van der Waals surface area contributed by atoms with Crippen molar-refractivity contribution in [2.45, 2.75) is 13.5 Å². The van der Waals surface area contributed by atoms with Gasteiger partial charge in [-0.15, -0.1) is 0 Å². The van der Waals surface area contributed by atoms with E-state index in [9.17, 15) is 17.2 Å². The molecule has 31 heavy (non-hydrogen) atoms. The molecule has 6 nitrogen and oxygen atoms in total. The van der Waals surface area contributed by atoms with Gasteiger partial charge in [-0.1, -0.05) is 0 Å². The third-order valence-electron chi connectivity index (χ3n) is 6.08. The Balaban J connectivity index is 1.60. The van der Waals surface area contributed by atoms with Crippen molar-refractivity contribution < 1.29 is 17.2 Å². The van der Waals surface area contributed by atoms with Crippen LogP contribution in [0.1, 0.15) is 12.5 Å². The number of hydrogen-bond acceptors (Lipinski definition) is 5. The highest BCUT2D eigenvalue weighted by molar-refractivity contribution is 7.89. The van der Waals surface area contributed by atoms with Crippen LogP contribution < -0.4 is 9.80 Å². The summed E-state index contributed by atoms with van der Waals surface area (Å²) in [5.41, 5.74) is 3.76. The molecule has 0 aromatic heterocycles. The summed E-state index contributed by atoms with van der Waals surface area (Å²) in [5, 5.41) is 0. The predicted octanol–water partition coefficient (Wildman–Crippen LogP) is 3.02. The zero-order chi connectivity index (χ0) is 22.2. The molecule has 0 spiro atoms. The highest BCUT2D eigenvalue weighted by atomic mass is 32.2. The summed E-state index contributed by atoms with van der Waals surface area (Å²) in [7, 11) is -1.12. The number of sulfonamides is 1. The third-order valence-corrected chi connectivity index (χ3v) is 7.96. The molecule has 168 valence electrons. The summed E-state index contributed by atoms with van der Waals surface area (Å²) in [5.74, 6) is -1.58. The van der Waals surface area contributed by atoms with Crippen LogP contribution in [0.4, 0.5) is 25.8 Å². The van der Waals surface area contributed by atoms with E-state index in [-0.39, 0.29) is 5.75 Å². The maximum atomic E-state index is 13.9. The van der Waals surface area contributed by atoms with Crippen molar-refractivity contribution in [1.82, 2.24) is 9.21 Å². The molecule has 0 bridgehead atoms. The Kier molecular flexibility index (Phi) is 6.18. The van der Waals surface area contributed by atoms with Crippen LogP contribution in [0.15, 0.2) is 36.4 Å². The lowest BCUT2D eigenvalue weighted by atomic mass is 10.1. The Morgan fingerprint density at radius 2 is 1.58 bits per heavy atom. The Morgan fingerprint density at radius 3 is 2.26 bits per heavy atom. The summed E-state index contributed by atoms with van der Waals surface area (Å²) in [6.07, 6.45) is 0. The highest BCUT2D eigenvalue weighted by Crippen LogP contribution is 2.35. The first-order valence-corrected chi connectivity index (χ1v) is 12.2. The smallest absolute Gasteiger partial charge is 0.213 e. The van der Waals surface area contributed by atoms with E-state index in [0.717, 1.165) is 36.1 Å².